The first kappa shape index (κ1) is 22.4. The fourth-order valence-electron chi connectivity index (χ4n) is 5.24. The fourth-order valence-corrected chi connectivity index (χ4v) is 5.24. The lowest BCUT2D eigenvalue weighted by molar-refractivity contribution is -0.00432. The molecule has 2 N–H and O–H groups in total. The second-order valence-corrected chi connectivity index (χ2v) is 9.52. The molecule has 2 aromatic carbocycles. The van der Waals surface area contributed by atoms with Crippen molar-refractivity contribution in [3.05, 3.63) is 78.3 Å². The number of fused-ring (bicyclic) bond motifs is 2. The summed E-state index contributed by atoms with van der Waals surface area (Å²) in [6.45, 7) is 9.26. The average Bonchev–Trinajstić information content (AvgIpc) is 3.46. The van der Waals surface area contributed by atoms with Gasteiger partial charge >= 0.3 is 0 Å². The molecule has 0 aliphatic carbocycles. The predicted octanol–water partition coefficient (Wildman–Crippen LogP) is 5.06. The minimum atomic E-state index is -0.787. The molecule has 0 amide bonds. The molecule has 0 radical (unpaired) electrons. The van der Waals surface area contributed by atoms with E-state index in [1.807, 2.05) is 59.2 Å². The quantitative estimate of drug-likeness (QED) is 0.353. The Morgan fingerprint density at radius 2 is 1.89 bits per heavy atom. The summed E-state index contributed by atoms with van der Waals surface area (Å²) in [5, 5.41) is 20.7. The minimum Gasteiger partial charge on any atom is -0.388 e. The Morgan fingerprint density at radius 3 is 2.67 bits per heavy atom. The number of benzene rings is 2. The Balaban J connectivity index is 1.55. The van der Waals surface area contributed by atoms with Crippen molar-refractivity contribution >= 4 is 27.5 Å². The Kier molecular flexibility index (Phi) is 5.32. The van der Waals surface area contributed by atoms with E-state index in [9.17, 15) is 9.50 Å². The van der Waals surface area contributed by atoms with Crippen molar-refractivity contribution in [3.63, 3.8) is 0 Å². The van der Waals surface area contributed by atoms with E-state index in [4.69, 9.17) is 11.6 Å². The summed E-state index contributed by atoms with van der Waals surface area (Å²) in [4.78, 5) is 8.14. The fraction of sp³-hybridized carbons (Fsp3) is 0.250. The zero-order chi connectivity index (χ0) is 24.9. The Labute approximate surface area is 207 Å². The van der Waals surface area contributed by atoms with E-state index in [-0.39, 0.29) is 5.69 Å². The van der Waals surface area contributed by atoms with Gasteiger partial charge in [-0.3, -0.25) is 9.67 Å². The van der Waals surface area contributed by atoms with Gasteiger partial charge in [0.1, 0.15) is 5.82 Å². The van der Waals surface area contributed by atoms with Crippen LogP contribution in [0.3, 0.4) is 0 Å². The number of piperidine rings is 1. The van der Waals surface area contributed by atoms with Crippen LogP contribution in [-0.4, -0.2) is 43.1 Å². The Bertz CT molecular complexity index is 1650. The first-order valence-corrected chi connectivity index (χ1v) is 12.0. The second kappa shape index (κ2) is 8.55. The van der Waals surface area contributed by atoms with Gasteiger partial charge in [-0.1, -0.05) is 18.2 Å². The van der Waals surface area contributed by atoms with Crippen LogP contribution >= 0.6 is 0 Å². The molecule has 0 bridgehead atoms. The summed E-state index contributed by atoms with van der Waals surface area (Å²) in [6.07, 6.45) is 6.97. The normalized spacial score (nSPS) is 15.4. The van der Waals surface area contributed by atoms with Crippen LogP contribution in [0.5, 0.6) is 0 Å². The highest BCUT2D eigenvalue weighted by molar-refractivity contribution is 6.02. The van der Waals surface area contributed by atoms with Crippen LogP contribution in [-0.2, 0) is 13.6 Å². The SMILES string of the molecule is [C-]#[N+]c1ccc(-c2c(-c3ccc4c(cnn4C)c3)ncc3c2ccn3CC2(O)CCNCC2)cc1F. The Hall–Kier alpha value is -4.06. The summed E-state index contributed by atoms with van der Waals surface area (Å²) < 4.78 is 18.6. The van der Waals surface area contributed by atoms with Crippen molar-refractivity contribution in [2.24, 2.45) is 7.05 Å². The molecule has 4 heterocycles. The highest BCUT2D eigenvalue weighted by Gasteiger charge is 2.30. The molecule has 180 valence electrons. The summed E-state index contributed by atoms with van der Waals surface area (Å²) in [7, 11) is 1.90. The van der Waals surface area contributed by atoms with Gasteiger partial charge < -0.3 is 15.0 Å². The topological polar surface area (TPSA) is 72.3 Å². The summed E-state index contributed by atoms with van der Waals surface area (Å²) in [5.74, 6) is -0.559. The number of hydrogen-bond donors (Lipinski definition) is 2. The van der Waals surface area contributed by atoms with Crippen molar-refractivity contribution in [2.75, 3.05) is 13.1 Å². The maximum absolute atomic E-state index is 14.8. The number of pyridine rings is 1. The minimum absolute atomic E-state index is 0.0112. The number of aryl methyl sites for hydroxylation is 1. The molecule has 36 heavy (non-hydrogen) atoms. The summed E-state index contributed by atoms with van der Waals surface area (Å²) in [5.41, 5.74) is 4.15. The number of nitrogens with one attached hydrogen (secondary N) is 1. The number of rotatable bonds is 4. The van der Waals surface area contributed by atoms with Gasteiger partial charge in [0.2, 0.25) is 5.69 Å². The summed E-state index contributed by atoms with van der Waals surface area (Å²) >= 11 is 0. The molecule has 7 nitrogen and oxygen atoms in total. The van der Waals surface area contributed by atoms with Crippen molar-refractivity contribution in [1.82, 2.24) is 24.6 Å². The number of nitrogens with zero attached hydrogens (tertiary/aromatic N) is 5. The van der Waals surface area contributed by atoms with Gasteiger partial charge in [-0.2, -0.15) is 5.10 Å². The number of hydrogen-bond acceptors (Lipinski definition) is 4. The highest BCUT2D eigenvalue weighted by Crippen LogP contribution is 2.39. The molecule has 1 aliphatic heterocycles. The van der Waals surface area contributed by atoms with Crippen molar-refractivity contribution in [2.45, 2.75) is 25.0 Å². The zero-order valence-corrected chi connectivity index (χ0v) is 19.9. The third-order valence-corrected chi connectivity index (χ3v) is 7.20. The average molecular weight is 481 g/mol. The maximum Gasteiger partial charge on any atom is 0.222 e. The van der Waals surface area contributed by atoms with Crippen LogP contribution in [0.2, 0.25) is 0 Å². The smallest absolute Gasteiger partial charge is 0.222 e. The molecule has 1 saturated heterocycles. The molecule has 8 heteroatoms. The van der Waals surface area contributed by atoms with Crippen molar-refractivity contribution in [1.29, 1.82) is 0 Å². The molecule has 0 saturated carbocycles. The van der Waals surface area contributed by atoms with Crippen LogP contribution in [0.25, 0.3) is 49.0 Å². The lowest BCUT2D eigenvalue weighted by Crippen LogP contribution is -2.44. The number of aliphatic hydroxyl groups is 1. The molecule has 3 aromatic heterocycles. The lowest BCUT2D eigenvalue weighted by Gasteiger charge is -2.33. The molecule has 0 atom stereocenters. The van der Waals surface area contributed by atoms with Gasteiger partial charge in [0, 0.05) is 35.1 Å². The molecular formula is C28H25FN6O. The first-order valence-electron chi connectivity index (χ1n) is 12.0. The van der Waals surface area contributed by atoms with E-state index in [1.54, 1.807) is 6.07 Å². The van der Waals surface area contributed by atoms with Crippen LogP contribution < -0.4 is 5.32 Å². The number of halogens is 1. The van der Waals surface area contributed by atoms with E-state index < -0.39 is 11.4 Å². The van der Waals surface area contributed by atoms with Crippen LogP contribution in [0.15, 0.2) is 61.1 Å². The first-order chi connectivity index (χ1) is 17.5. The maximum atomic E-state index is 14.8. The van der Waals surface area contributed by atoms with Crippen molar-refractivity contribution in [3.8, 4) is 22.4 Å². The highest BCUT2D eigenvalue weighted by atomic mass is 19.1. The van der Waals surface area contributed by atoms with Crippen LogP contribution in [0, 0.1) is 12.4 Å². The molecular weight excluding hydrogens is 455 g/mol. The molecule has 0 unspecified atom stereocenters. The molecule has 1 fully saturated rings. The monoisotopic (exact) mass is 480 g/mol. The van der Waals surface area contributed by atoms with Gasteiger partial charge in [-0.15, -0.1) is 0 Å². The van der Waals surface area contributed by atoms with Gasteiger partial charge in [0.15, 0.2) is 0 Å². The predicted molar refractivity (Wildman–Crippen MR) is 138 cm³/mol. The molecule has 5 aromatic rings. The largest absolute Gasteiger partial charge is 0.388 e. The van der Waals surface area contributed by atoms with E-state index in [2.05, 4.69) is 15.3 Å². The lowest BCUT2D eigenvalue weighted by atomic mass is 9.92. The van der Waals surface area contributed by atoms with Crippen LogP contribution in [0.1, 0.15) is 12.8 Å². The molecule has 1 aliphatic rings. The summed E-state index contributed by atoms with van der Waals surface area (Å²) in [6, 6.07) is 12.7. The van der Waals surface area contributed by atoms with E-state index in [1.165, 1.54) is 12.1 Å². The molecule has 6 rings (SSSR count). The van der Waals surface area contributed by atoms with E-state index in [0.717, 1.165) is 51.7 Å². The Morgan fingerprint density at radius 1 is 1.08 bits per heavy atom. The second-order valence-electron chi connectivity index (χ2n) is 9.52. The van der Waals surface area contributed by atoms with E-state index in [0.29, 0.717) is 24.9 Å². The third kappa shape index (κ3) is 3.73. The number of aromatic nitrogens is 4. The zero-order valence-electron chi connectivity index (χ0n) is 19.9. The van der Waals surface area contributed by atoms with Gasteiger partial charge in [-0.05, 0) is 55.8 Å². The molecule has 0 spiro atoms. The third-order valence-electron chi connectivity index (χ3n) is 7.20. The van der Waals surface area contributed by atoms with Gasteiger partial charge in [0.05, 0.1) is 47.8 Å². The van der Waals surface area contributed by atoms with E-state index >= 15 is 0 Å². The van der Waals surface area contributed by atoms with Crippen LogP contribution in [0.4, 0.5) is 10.1 Å². The van der Waals surface area contributed by atoms with Crippen molar-refractivity contribution < 1.29 is 9.50 Å². The van der Waals surface area contributed by atoms with Gasteiger partial charge in [0.25, 0.3) is 0 Å². The van der Waals surface area contributed by atoms with Gasteiger partial charge in [-0.25, -0.2) is 9.24 Å². The standard InChI is InChI=1S/C28H25FN6O/c1-30-23-5-3-18(14-22(23)29)26-21-7-12-35(17-28(36)8-10-31-11-9-28)25(21)16-32-27(26)19-4-6-24-20(13-19)15-33-34(24)2/h3-7,12-16,31,36H,8-11,17H2,2H3.